The van der Waals surface area contributed by atoms with E-state index in [1.54, 1.807) is 18.2 Å². The molecule has 5 heteroatoms. The van der Waals surface area contributed by atoms with Gasteiger partial charge >= 0.3 is 0 Å². The van der Waals surface area contributed by atoms with Gasteiger partial charge < -0.3 is 9.84 Å². The van der Waals surface area contributed by atoms with E-state index < -0.39 is 5.82 Å². The molecule has 4 nitrogen and oxygen atoms in total. The Balaban J connectivity index is 1.69. The van der Waals surface area contributed by atoms with E-state index in [0.29, 0.717) is 18.7 Å². The zero-order valence-electron chi connectivity index (χ0n) is 14.2. The van der Waals surface area contributed by atoms with Crippen LogP contribution in [0.3, 0.4) is 0 Å². The van der Waals surface area contributed by atoms with Gasteiger partial charge in [0.25, 0.3) is 0 Å². The van der Waals surface area contributed by atoms with E-state index in [-0.39, 0.29) is 23.2 Å². The monoisotopic (exact) mass is 343 g/mol. The summed E-state index contributed by atoms with van der Waals surface area (Å²) in [6.07, 6.45) is 1.70. The molecule has 0 saturated carbocycles. The second-order valence-electron chi connectivity index (χ2n) is 6.42. The number of Topliss-reactive ketones (excluding diaryl/α,β-unsaturated/α-hetero) is 1. The summed E-state index contributed by atoms with van der Waals surface area (Å²) >= 11 is 0. The van der Waals surface area contributed by atoms with Gasteiger partial charge in [-0.3, -0.25) is 9.69 Å². The molecule has 1 aliphatic heterocycles. The summed E-state index contributed by atoms with van der Waals surface area (Å²) in [5.41, 5.74) is 1.23. The highest BCUT2D eigenvalue weighted by Crippen LogP contribution is 2.26. The third-order valence-electron chi connectivity index (χ3n) is 4.70. The number of carbonyl (C=O) groups excluding carboxylic acids is 1. The number of aromatic hydroxyl groups is 1. The molecule has 0 radical (unpaired) electrons. The van der Waals surface area contributed by atoms with Crippen LogP contribution in [0.5, 0.6) is 11.5 Å². The normalized spacial score (nSPS) is 18.1. The Morgan fingerprint density at radius 3 is 2.84 bits per heavy atom. The first-order valence-corrected chi connectivity index (χ1v) is 8.45. The topological polar surface area (TPSA) is 49.8 Å². The minimum atomic E-state index is -0.518. The smallest absolute Gasteiger partial charge is 0.167 e. The van der Waals surface area contributed by atoms with Crippen molar-refractivity contribution in [3.8, 4) is 11.5 Å². The van der Waals surface area contributed by atoms with E-state index in [0.717, 1.165) is 24.9 Å². The third kappa shape index (κ3) is 3.99. The summed E-state index contributed by atoms with van der Waals surface area (Å²) in [4.78, 5) is 14.9. The van der Waals surface area contributed by atoms with E-state index in [9.17, 15) is 14.3 Å². The number of phenols is 1. The molecule has 0 amide bonds. The molecule has 1 N–H and O–H groups in total. The van der Waals surface area contributed by atoms with Crippen LogP contribution in [0.15, 0.2) is 42.5 Å². The summed E-state index contributed by atoms with van der Waals surface area (Å²) in [5.74, 6) is -0.305. The number of ketones is 1. The molecule has 1 heterocycles. The van der Waals surface area contributed by atoms with Crippen LogP contribution < -0.4 is 4.74 Å². The van der Waals surface area contributed by atoms with Gasteiger partial charge in [-0.05, 0) is 43.7 Å². The fraction of sp³-hybridized carbons (Fsp3) is 0.350. The van der Waals surface area contributed by atoms with Gasteiger partial charge in [-0.25, -0.2) is 4.39 Å². The molecular formula is C20H22FNO3. The first kappa shape index (κ1) is 17.4. The van der Waals surface area contributed by atoms with Gasteiger partial charge in [0.1, 0.15) is 5.75 Å². The maximum atomic E-state index is 13.9. The lowest BCUT2D eigenvalue weighted by atomic mass is 9.89. The van der Waals surface area contributed by atoms with Crippen molar-refractivity contribution in [2.24, 2.45) is 5.92 Å². The van der Waals surface area contributed by atoms with Crippen molar-refractivity contribution >= 4 is 5.78 Å². The second-order valence-corrected chi connectivity index (χ2v) is 6.42. The number of hydrogen-bond donors (Lipinski definition) is 1. The summed E-state index contributed by atoms with van der Waals surface area (Å²) in [5, 5.41) is 9.93. The number of halogens is 1. The lowest BCUT2D eigenvalue weighted by molar-refractivity contribution is 0.0810. The molecule has 1 fully saturated rings. The van der Waals surface area contributed by atoms with Gasteiger partial charge in [-0.15, -0.1) is 0 Å². The molecule has 0 aromatic heterocycles. The standard InChI is InChI=1S/C20H22FNO3/c1-25-19-9-8-14(11-17(19)21)20(24)16-6-4-10-22(13-16)12-15-5-2-3-7-18(15)23/h2-3,5,7-9,11,16,23H,4,6,10,12-13H2,1H3. The number of rotatable bonds is 5. The fourth-order valence-electron chi connectivity index (χ4n) is 3.35. The summed E-state index contributed by atoms with van der Waals surface area (Å²) in [6, 6.07) is 11.6. The van der Waals surface area contributed by atoms with Gasteiger partial charge in [-0.1, -0.05) is 18.2 Å². The summed E-state index contributed by atoms with van der Waals surface area (Å²) in [6.45, 7) is 2.10. The van der Waals surface area contributed by atoms with Gasteiger partial charge in [0.2, 0.25) is 0 Å². The SMILES string of the molecule is COc1ccc(C(=O)C2CCCN(Cc3ccccc3O)C2)cc1F. The highest BCUT2D eigenvalue weighted by atomic mass is 19.1. The van der Waals surface area contributed by atoms with Gasteiger partial charge in [0.15, 0.2) is 17.3 Å². The molecular weight excluding hydrogens is 321 g/mol. The third-order valence-corrected chi connectivity index (χ3v) is 4.70. The minimum Gasteiger partial charge on any atom is -0.508 e. The van der Waals surface area contributed by atoms with Crippen molar-refractivity contribution in [1.29, 1.82) is 0 Å². The van der Waals surface area contributed by atoms with E-state index in [1.165, 1.54) is 19.2 Å². The molecule has 1 aliphatic rings. The number of carbonyl (C=O) groups is 1. The molecule has 0 spiro atoms. The van der Waals surface area contributed by atoms with Crippen molar-refractivity contribution in [3.05, 3.63) is 59.4 Å². The quantitative estimate of drug-likeness (QED) is 0.842. The zero-order valence-corrected chi connectivity index (χ0v) is 14.2. The maximum Gasteiger partial charge on any atom is 0.167 e. The molecule has 1 atom stereocenters. The van der Waals surface area contributed by atoms with Crippen molar-refractivity contribution in [2.45, 2.75) is 19.4 Å². The maximum absolute atomic E-state index is 13.9. The number of para-hydroxylation sites is 1. The Morgan fingerprint density at radius 1 is 1.32 bits per heavy atom. The van der Waals surface area contributed by atoms with Crippen molar-refractivity contribution in [3.63, 3.8) is 0 Å². The predicted molar refractivity (Wildman–Crippen MR) is 93.4 cm³/mol. The Bertz CT molecular complexity index is 762. The van der Waals surface area contributed by atoms with E-state index in [1.807, 2.05) is 12.1 Å². The van der Waals surface area contributed by atoms with E-state index in [4.69, 9.17) is 4.74 Å². The Morgan fingerprint density at radius 2 is 2.12 bits per heavy atom. The number of phenolic OH excluding ortho intramolecular Hbond substituents is 1. The Hall–Kier alpha value is -2.40. The zero-order chi connectivity index (χ0) is 17.8. The summed E-state index contributed by atoms with van der Waals surface area (Å²) < 4.78 is 18.8. The Kier molecular flexibility index (Phi) is 5.34. The predicted octanol–water partition coefficient (Wildman–Crippen LogP) is 3.63. The average Bonchev–Trinajstić information content (AvgIpc) is 2.63. The van der Waals surface area contributed by atoms with Crippen LogP contribution in [0.1, 0.15) is 28.8 Å². The van der Waals surface area contributed by atoms with Crippen LogP contribution >= 0.6 is 0 Å². The van der Waals surface area contributed by atoms with Crippen LogP contribution in [-0.4, -0.2) is 36.0 Å². The number of piperidine rings is 1. The Labute approximate surface area is 146 Å². The average molecular weight is 343 g/mol. The molecule has 25 heavy (non-hydrogen) atoms. The molecule has 2 aromatic rings. The van der Waals surface area contributed by atoms with E-state index >= 15 is 0 Å². The first-order valence-electron chi connectivity index (χ1n) is 8.45. The van der Waals surface area contributed by atoms with Gasteiger partial charge in [0, 0.05) is 30.1 Å². The molecule has 0 bridgehead atoms. The van der Waals surface area contributed by atoms with Crippen molar-refractivity contribution in [1.82, 2.24) is 4.90 Å². The van der Waals surface area contributed by atoms with Crippen LogP contribution in [0.2, 0.25) is 0 Å². The number of methoxy groups -OCH3 is 1. The molecule has 132 valence electrons. The molecule has 2 aromatic carbocycles. The van der Waals surface area contributed by atoms with E-state index in [2.05, 4.69) is 4.90 Å². The molecule has 1 saturated heterocycles. The van der Waals surface area contributed by atoms with Crippen molar-refractivity contribution in [2.75, 3.05) is 20.2 Å². The number of likely N-dealkylation sites (tertiary alicyclic amines) is 1. The highest BCUT2D eigenvalue weighted by molar-refractivity contribution is 5.98. The summed E-state index contributed by atoms with van der Waals surface area (Å²) in [7, 11) is 1.40. The molecule has 1 unspecified atom stereocenters. The number of benzene rings is 2. The van der Waals surface area contributed by atoms with Crippen LogP contribution in [0.4, 0.5) is 4.39 Å². The highest BCUT2D eigenvalue weighted by Gasteiger charge is 2.27. The number of hydrogen-bond acceptors (Lipinski definition) is 4. The lowest BCUT2D eigenvalue weighted by Gasteiger charge is -2.32. The second kappa shape index (κ2) is 7.66. The van der Waals surface area contributed by atoms with Gasteiger partial charge in [0.05, 0.1) is 7.11 Å². The van der Waals surface area contributed by atoms with Crippen LogP contribution in [0, 0.1) is 11.7 Å². The largest absolute Gasteiger partial charge is 0.508 e. The van der Waals surface area contributed by atoms with Crippen LogP contribution in [0.25, 0.3) is 0 Å². The fourth-order valence-corrected chi connectivity index (χ4v) is 3.35. The molecule has 3 rings (SSSR count). The number of ether oxygens (including phenoxy) is 1. The number of nitrogens with zero attached hydrogens (tertiary/aromatic N) is 1. The van der Waals surface area contributed by atoms with Crippen molar-refractivity contribution < 1.29 is 19.0 Å². The van der Waals surface area contributed by atoms with Crippen LogP contribution in [-0.2, 0) is 6.54 Å². The lowest BCUT2D eigenvalue weighted by Crippen LogP contribution is -2.38. The van der Waals surface area contributed by atoms with Gasteiger partial charge in [-0.2, -0.15) is 0 Å². The first-order chi connectivity index (χ1) is 12.1. The molecule has 0 aliphatic carbocycles. The minimum absolute atomic E-state index is 0.0384.